The maximum absolute atomic E-state index is 11.5. The Balaban J connectivity index is 2.03. The lowest BCUT2D eigenvalue weighted by molar-refractivity contribution is 0.604. The molecule has 0 saturated carbocycles. The lowest BCUT2D eigenvalue weighted by atomic mass is 10.5. The van der Waals surface area contributed by atoms with Gasteiger partial charge in [-0.15, -0.1) is 15.3 Å². The zero-order valence-electron chi connectivity index (χ0n) is 9.71. The number of rotatable bonds is 6. The Bertz CT molecular complexity index is 560. The highest BCUT2D eigenvalue weighted by Crippen LogP contribution is 2.23. The third-order valence-electron chi connectivity index (χ3n) is 2.09. The fraction of sp³-hybridized carbons (Fsp3) is 0.500. The van der Waals surface area contributed by atoms with Crippen LogP contribution >= 0.6 is 23.1 Å². The molecule has 0 aliphatic heterocycles. The van der Waals surface area contributed by atoms with E-state index in [0.717, 1.165) is 11.4 Å². The van der Waals surface area contributed by atoms with Crippen LogP contribution in [0, 0.1) is 0 Å². The van der Waals surface area contributed by atoms with Crippen LogP contribution in [0.1, 0.15) is 18.4 Å². The van der Waals surface area contributed by atoms with Crippen molar-refractivity contribution >= 4 is 28.2 Å². The van der Waals surface area contributed by atoms with E-state index in [1.54, 1.807) is 4.57 Å². The lowest BCUT2D eigenvalue weighted by Crippen LogP contribution is -2.17. The van der Waals surface area contributed by atoms with Crippen LogP contribution in [-0.2, 0) is 12.3 Å². The minimum Gasteiger partial charge on any atom is -0.298 e. The molecule has 0 saturated heterocycles. The van der Waals surface area contributed by atoms with Gasteiger partial charge in [-0.25, -0.2) is 15.7 Å². The second-order valence-electron chi connectivity index (χ2n) is 3.40. The van der Waals surface area contributed by atoms with Crippen molar-refractivity contribution in [2.45, 2.75) is 30.8 Å². The molecule has 0 radical (unpaired) electrons. The molecule has 2 heterocycles. The molecule has 10 heteroatoms. The number of nitrogens with zero attached hydrogens (tertiary/aromatic N) is 4. The van der Waals surface area contributed by atoms with Gasteiger partial charge in [0.25, 0.3) is 0 Å². The Hall–Kier alpha value is -1.39. The molecule has 0 aromatic carbocycles. The number of nitrogen functional groups attached to an aromatic ring is 1. The number of hydrogen-bond acceptors (Lipinski definition) is 8. The molecule has 0 aliphatic rings. The van der Waals surface area contributed by atoms with Gasteiger partial charge in [0.1, 0.15) is 5.01 Å². The third-order valence-corrected chi connectivity index (χ3v) is 4.11. The first-order valence-electron chi connectivity index (χ1n) is 5.31. The standard InChI is InChI=1S/C8H13N7OS2/c1-2-3-15-7(16)13-14-8(15)17-4-5-11-12-6(10-9)18-5/h2-4,9H2,1H3,(H,10,12)(H,13,16). The van der Waals surface area contributed by atoms with E-state index < -0.39 is 0 Å². The summed E-state index contributed by atoms with van der Waals surface area (Å²) in [6.07, 6.45) is 0.882. The van der Waals surface area contributed by atoms with Crippen LogP contribution in [0.3, 0.4) is 0 Å². The van der Waals surface area contributed by atoms with Crippen molar-refractivity contribution in [2.75, 3.05) is 5.43 Å². The highest BCUT2D eigenvalue weighted by molar-refractivity contribution is 7.98. The molecule has 0 fully saturated rings. The third kappa shape index (κ3) is 2.89. The first-order valence-corrected chi connectivity index (χ1v) is 7.11. The van der Waals surface area contributed by atoms with Crippen LogP contribution in [0.25, 0.3) is 0 Å². The minimum absolute atomic E-state index is 0.180. The molecule has 98 valence electrons. The Kier molecular flexibility index (Phi) is 4.33. The molecule has 4 N–H and O–H groups in total. The molecule has 0 amide bonds. The van der Waals surface area contributed by atoms with E-state index in [4.69, 9.17) is 5.84 Å². The molecular weight excluding hydrogens is 274 g/mol. The number of H-pyrrole nitrogens is 1. The van der Waals surface area contributed by atoms with Gasteiger partial charge in [-0.1, -0.05) is 30.0 Å². The van der Waals surface area contributed by atoms with Gasteiger partial charge in [0, 0.05) is 6.54 Å². The number of thioether (sulfide) groups is 1. The van der Waals surface area contributed by atoms with Crippen LogP contribution in [-0.4, -0.2) is 25.0 Å². The van der Waals surface area contributed by atoms with Crippen LogP contribution < -0.4 is 17.0 Å². The molecule has 0 aliphatic carbocycles. The van der Waals surface area contributed by atoms with Gasteiger partial charge in [0.15, 0.2) is 5.16 Å². The smallest absolute Gasteiger partial charge is 0.298 e. The van der Waals surface area contributed by atoms with Crippen molar-refractivity contribution in [2.24, 2.45) is 5.84 Å². The highest BCUT2D eigenvalue weighted by atomic mass is 32.2. The summed E-state index contributed by atoms with van der Waals surface area (Å²) in [5.74, 6) is 5.83. The van der Waals surface area contributed by atoms with Crippen molar-refractivity contribution in [1.82, 2.24) is 25.0 Å². The number of anilines is 1. The van der Waals surface area contributed by atoms with E-state index in [1.165, 1.54) is 23.1 Å². The first-order chi connectivity index (χ1) is 8.74. The summed E-state index contributed by atoms with van der Waals surface area (Å²) in [5, 5.41) is 16.3. The maximum Gasteiger partial charge on any atom is 0.343 e. The van der Waals surface area contributed by atoms with Crippen LogP contribution in [0.2, 0.25) is 0 Å². The Morgan fingerprint density at radius 1 is 1.56 bits per heavy atom. The Morgan fingerprint density at radius 3 is 3.06 bits per heavy atom. The molecule has 0 spiro atoms. The lowest BCUT2D eigenvalue weighted by Gasteiger charge is -2.01. The highest BCUT2D eigenvalue weighted by Gasteiger charge is 2.10. The van der Waals surface area contributed by atoms with Gasteiger partial charge in [0.05, 0.1) is 5.75 Å². The first kappa shape index (κ1) is 13.1. The molecular formula is C8H13N7OS2. The molecule has 18 heavy (non-hydrogen) atoms. The monoisotopic (exact) mass is 287 g/mol. The molecule has 2 rings (SSSR count). The van der Waals surface area contributed by atoms with E-state index in [9.17, 15) is 4.79 Å². The zero-order chi connectivity index (χ0) is 13.0. The Labute approximate surface area is 111 Å². The van der Waals surface area contributed by atoms with Gasteiger partial charge < -0.3 is 0 Å². The fourth-order valence-electron chi connectivity index (χ4n) is 1.33. The number of aromatic nitrogens is 5. The predicted molar refractivity (Wildman–Crippen MR) is 70.4 cm³/mol. The van der Waals surface area contributed by atoms with Crippen molar-refractivity contribution in [3.05, 3.63) is 15.5 Å². The minimum atomic E-state index is -0.180. The molecule has 2 aromatic rings. The van der Waals surface area contributed by atoms with E-state index in [0.29, 0.717) is 22.6 Å². The van der Waals surface area contributed by atoms with Crippen molar-refractivity contribution in [1.29, 1.82) is 0 Å². The van der Waals surface area contributed by atoms with Gasteiger partial charge in [-0.3, -0.25) is 9.99 Å². The number of aromatic amines is 1. The summed E-state index contributed by atoms with van der Waals surface area (Å²) in [5.41, 5.74) is 2.26. The molecule has 8 nitrogen and oxygen atoms in total. The number of nitrogens with one attached hydrogen (secondary N) is 2. The van der Waals surface area contributed by atoms with E-state index in [1.807, 2.05) is 6.92 Å². The number of hydrogen-bond donors (Lipinski definition) is 3. The van der Waals surface area contributed by atoms with Crippen molar-refractivity contribution < 1.29 is 0 Å². The van der Waals surface area contributed by atoms with Crippen molar-refractivity contribution in [3.8, 4) is 0 Å². The zero-order valence-corrected chi connectivity index (χ0v) is 11.3. The molecule has 0 unspecified atom stereocenters. The van der Waals surface area contributed by atoms with Crippen LogP contribution in [0.4, 0.5) is 5.13 Å². The molecule has 2 aromatic heterocycles. The largest absolute Gasteiger partial charge is 0.343 e. The topological polar surface area (TPSA) is 115 Å². The van der Waals surface area contributed by atoms with Gasteiger partial charge in [-0.05, 0) is 6.42 Å². The summed E-state index contributed by atoms with van der Waals surface area (Å²) in [4.78, 5) is 11.5. The quantitative estimate of drug-likeness (QED) is 0.400. The van der Waals surface area contributed by atoms with Crippen LogP contribution in [0.15, 0.2) is 9.95 Å². The maximum atomic E-state index is 11.5. The van der Waals surface area contributed by atoms with E-state index >= 15 is 0 Å². The second-order valence-corrected chi connectivity index (χ2v) is 5.40. The van der Waals surface area contributed by atoms with Gasteiger partial charge in [-0.2, -0.15) is 0 Å². The summed E-state index contributed by atoms with van der Waals surface area (Å²) in [6.45, 7) is 2.67. The summed E-state index contributed by atoms with van der Waals surface area (Å²) in [7, 11) is 0. The van der Waals surface area contributed by atoms with Gasteiger partial charge in [0.2, 0.25) is 5.13 Å². The summed E-state index contributed by atoms with van der Waals surface area (Å²) >= 11 is 2.82. The SMILES string of the molecule is CCCn1c(SCc2nnc(NN)s2)n[nH]c1=O. The number of nitrogens with two attached hydrogens (primary N) is 1. The van der Waals surface area contributed by atoms with Gasteiger partial charge >= 0.3 is 5.69 Å². The molecule has 0 bridgehead atoms. The van der Waals surface area contributed by atoms with Crippen molar-refractivity contribution in [3.63, 3.8) is 0 Å². The normalized spacial score (nSPS) is 10.8. The van der Waals surface area contributed by atoms with E-state index in [-0.39, 0.29) is 5.69 Å². The average molecular weight is 287 g/mol. The molecule has 0 atom stereocenters. The number of hydrazine groups is 1. The fourth-order valence-corrected chi connectivity index (χ4v) is 2.94. The average Bonchev–Trinajstić information content (AvgIpc) is 2.96. The summed E-state index contributed by atoms with van der Waals surface area (Å²) in [6, 6.07) is 0. The van der Waals surface area contributed by atoms with Crippen LogP contribution in [0.5, 0.6) is 0 Å². The Morgan fingerprint density at radius 2 is 2.39 bits per heavy atom. The second kappa shape index (κ2) is 5.98. The van der Waals surface area contributed by atoms with E-state index in [2.05, 4.69) is 25.8 Å². The summed E-state index contributed by atoms with van der Waals surface area (Å²) < 4.78 is 1.62. The predicted octanol–water partition coefficient (Wildman–Crippen LogP) is 0.411.